The normalized spacial score (nSPS) is 16.0. The largest absolute Gasteiger partial charge is 0.351 e. The molecular weight excluding hydrogens is 235 g/mol. The van der Waals surface area contributed by atoms with E-state index >= 15 is 0 Å². The van der Waals surface area contributed by atoms with E-state index in [0.717, 1.165) is 31.9 Å². The fraction of sp³-hybridized carbons (Fsp3) is 0.556. The molecule has 2 rings (SSSR count). The number of rotatable bonds is 2. The smallest absolute Gasteiger partial charge is 0.222 e. The van der Waals surface area contributed by atoms with Gasteiger partial charge < -0.3 is 10.6 Å². The fourth-order valence-corrected chi connectivity index (χ4v) is 1.52. The van der Waals surface area contributed by atoms with Crippen molar-refractivity contribution in [3.63, 3.8) is 0 Å². The molecule has 0 spiro atoms. The van der Waals surface area contributed by atoms with Crippen molar-refractivity contribution in [2.45, 2.75) is 18.9 Å². The first-order valence-electron chi connectivity index (χ1n) is 4.69. The van der Waals surface area contributed by atoms with Gasteiger partial charge in [0, 0.05) is 18.4 Å². The van der Waals surface area contributed by atoms with Gasteiger partial charge >= 0.3 is 0 Å². The lowest BCUT2D eigenvalue weighted by atomic mass is 10.1. The number of piperidine rings is 1. The molecule has 1 aliphatic heterocycles. The molecule has 4 nitrogen and oxygen atoms in total. The second kappa shape index (κ2) is 7.68. The molecule has 1 aliphatic rings. The Kier molecular flexibility index (Phi) is 7.38. The predicted molar refractivity (Wildman–Crippen MR) is 66.0 cm³/mol. The van der Waals surface area contributed by atoms with Crippen LogP contribution in [0.1, 0.15) is 12.8 Å². The molecule has 0 atom stereocenters. The summed E-state index contributed by atoms with van der Waals surface area (Å²) in [5.74, 6) is 0.745. The molecule has 0 amide bonds. The van der Waals surface area contributed by atoms with Gasteiger partial charge in [-0.15, -0.1) is 24.8 Å². The first kappa shape index (κ1) is 14.4. The minimum atomic E-state index is 0. The Balaban J connectivity index is 0.000000980. The Morgan fingerprint density at radius 2 is 1.73 bits per heavy atom. The first-order valence-corrected chi connectivity index (χ1v) is 4.69. The highest BCUT2D eigenvalue weighted by Crippen LogP contribution is 2.07. The van der Waals surface area contributed by atoms with Crippen LogP contribution in [0.2, 0.25) is 0 Å². The van der Waals surface area contributed by atoms with Crippen LogP contribution in [0.4, 0.5) is 5.95 Å². The number of hydrogen-bond acceptors (Lipinski definition) is 4. The standard InChI is InChI=1S/C9H14N4.2ClH/c1-4-11-9(12-5-1)13-8-2-6-10-7-3-8;;/h1,4-5,8,10H,2-3,6-7H2,(H,11,12,13);2*1H. The van der Waals surface area contributed by atoms with Crippen molar-refractivity contribution in [3.8, 4) is 0 Å². The molecule has 86 valence electrons. The lowest BCUT2D eigenvalue weighted by Gasteiger charge is -2.23. The van der Waals surface area contributed by atoms with Crippen molar-refractivity contribution in [3.05, 3.63) is 18.5 Å². The quantitative estimate of drug-likeness (QED) is 0.836. The van der Waals surface area contributed by atoms with Gasteiger partial charge in [-0.2, -0.15) is 0 Å². The van der Waals surface area contributed by atoms with Crippen molar-refractivity contribution in [2.75, 3.05) is 18.4 Å². The van der Waals surface area contributed by atoms with Crippen LogP contribution in [0.25, 0.3) is 0 Å². The van der Waals surface area contributed by atoms with E-state index in [1.807, 2.05) is 6.07 Å². The number of aromatic nitrogens is 2. The third-order valence-electron chi connectivity index (χ3n) is 2.24. The van der Waals surface area contributed by atoms with Gasteiger partial charge in [0.05, 0.1) is 0 Å². The van der Waals surface area contributed by atoms with E-state index in [-0.39, 0.29) is 24.8 Å². The Morgan fingerprint density at radius 3 is 2.33 bits per heavy atom. The fourth-order valence-electron chi connectivity index (χ4n) is 1.52. The lowest BCUT2D eigenvalue weighted by molar-refractivity contribution is 0.477. The minimum absolute atomic E-state index is 0. The van der Waals surface area contributed by atoms with Crippen LogP contribution >= 0.6 is 24.8 Å². The minimum Gasteiger partial charge on any atom is -0.351 e. The number of nitrogens with zero attached hydrogens (tertiary/aromatic N) is 2. The summed E-state index contributed by atoms with van der Waals surface area (Å²) in [5, 5.41) is 6.64. The van der Waals surface area contributed by atoms with E-state index in [4.69, 9.17) is 0 Å². The molecule has 1 saturated heterocycles. The Labute approximate surface area is 102 Å². The van der Waals surface area contributed by atoms with Gasteiger partial charge in [0.25, 0.3) is 0 Å². The van der Waals surface area contributed by atoms with E-state index in [1.165, 1.54) is 0 Å². The van der Waals surface area contributed by atoms with Crippen LogP contribution in [0.15, 0.2) is 18.5 Å². The van der Waals surface area contributed by atoms with E-state index in [0.29, 0.717) is 6.04 Å². The number of anilines is 1. The van der Waals surface area contributed by atoms with Gasteiger partial charge in [0.2, 0.25) is 5.95 Å². The summed E-state index contributed by atoms with van der Waals surface area (Å²) in [5.41, 5.74) is 0. The molecule has 1 aromatic heterocycles. The predicted octanol–water partition coefficient (Wildman–Crippen LogP) is 1.48. The summed E-state index contributed by atoms with van der Waals surface area (Å²) in [6, 6.07) is 2.36. The number of halogens is 2. The Bertz CT molecular complexity index is 252. The van der Waals surface area contributed by atoms with Crippen molar-refractivity contribution in [1.82, 2.24) is 15.3 Å². The zero-order valence-corrected chi connectivity index (χ0v) is 9.98. The molecule has 1 fully saturated rings. The molecule has 0 unspecified atom stereocenters. The maximum absolute atomic E-state index is 4.13. The summed E-state index contributed by atoms with van der Waals surface area (Å²) in [6.07, 6.45) is 5.82. The van der Waals surface area contributed by atoms with Gasteiger partial charge in [-0.25, -0.2) is 9.97 Å². The maximum Gasteiger partial charge on any atom is 0.222 e. The number of hydrogen-bond donors (Lipinski definition) is 2. The van der Waals surface area contributed by atoms with Crippen LogP contribution in [-0.4, -0.2) is 29.1 Å². The van der Waals surface area contributed by atoms with Gasteiger partial charge in [-0.3, -0.25) is 0 Å². The Morgan fingerprint density at radius 1 is 1.13 bits per heavy atom. The lowest BCUT2D eigenvalue weighted by Crippen LogP contribution is -2.35. The monoisotopic (exact) mass is 250 g/mol. The molecule has 0 aliphatic carbocycles. The summed E-state index contributed by atoms with van der Waals surface area (Å²) in [7, 11) is 0. The number of nitrogens with one attached hydrogen (secondary N) is 2. The average Bonchev–Trinajstić information content (AvgIpc) is 2.21. The second-order valence-electron chi connectivity index (χ2n) is 3.24. The summed E-state index contributed by atoms with van der Waals surface area (Å²) in [4.78, 5) is 8.26. The highest BCUT2D eigenvalue weighted by molar-refractivity contribution is 5.85. The van der Waals surface area contributed by atoms with Gasteiger partial charge in [0.1, 0.15) is 0 Å². The van der Waals surface area contributed by atoms with Crippen molar-refractivity contribution in [1.29, 1.82) is 0 Å². The summed E-state index contributed by atoms with van der Waals surface area (Å²) in [6.45, 7) is 2.18. The van der Waals surface area contributed by atoms with Crippen molar-refractivity contribution in [2.24, 2.45) is 0 Å². The molecule has 0 radical (unpaired) electrons. The van der Waals surface area contributed by atoms with E-state index < -0.39 is 0 Å². The highest BCUT2D eigenvalue weighted by Gasteiger charge is 2.12. The molecule has 15 heavy (non-hydrogen) atoms. The molecular formula is C9H16Cl2N4. The molecule has 2 N–H and O–H groups in total. The van der Waals surface area contributed by atoms with E-state index in [9.17, 15) is 0 Å². The Hall–Kier alpha value is -0.580. The highest BCUT2D eigenvalue weighted by atomic mass is 35.5. The maximum atomic E-state index is 4.13. The average molecular weight is 251 g/mol. The second-order valence-corrected chi connectivity index (χ2v) is 3.24. The van der Waals surface area contributed by atoms with Crippen LogP contribution in [0.5, 0.6) is 0 Å². The van der Waals surface area contributed by atoms with Gasteiger partial charge in [0.15, 0.2) is 0 Å². The van der Waals surface area contributed by atoms with Gasteiger partial charge in [-0.05, 0) is 32.0 Å². The van der Waals surface area contributed by atoms with Crippen molar-refractivity contribution >= 4 is 30.8 Å². The summed E-state index contributed by atoms with van der Waals surface area (Å²) < 4.78 is 0. The van der Waals surface area contributed by atoms with E-state index in [2.05, 4.69) is 20.6 Å². The molecule has 1 aromatic rings. The van der Waals surface area contributed by atoms with Crippen molar-refractivity contribution < 1.29 is 0 Å². The molecule has 6 heteroatoms. The summed E-state index contributed by atoms with van der Waals surface area (Å²) >= 11 is 0. The molecule has 0 saturated carbocycles. The SMILES string of the molecule is Cl.Cl.c1cnc(NC2CCNCC2)nc1. The van der Waals surface area contributed by atoms with Crippen LogP contribution in [0.3, 0.4) is 0 Å². The third-order valence-corrected chi connectivity index (χ3v) is 2.24. The zero-order valence-electron chi connectivity index (χ0n) is 8.35. The molecule has 0 aromatic carbocycles. The third kappa shape index (κ3) is 4.64. The van der Waals surface area contributed by atoms with Crippen LogP contribution < -0.4 is 10.6 Å². The zero-order chi connectivity index (χ0) is 8.93. The molecule has 0 bridgehead atoms. The topological polar surface area (TPSA) is 49.8 Å². The first-order chi connectivity index (χ1) is 6.45. The molecule has 2 heterocycles. The van der Waals surface area contributed by atoms with Crippen LogP contribution in [0, 0.1) is 0 Å². The van der Waals surface area contributed by atoms with E-state index in [1.54, 1.807) is 12.4 Å². The van der Waals surface area contributed by atoms with Crippen LogP contribution in [-0.2, 0) is 0 Å². The van der Waals surface area contributed by atoms with Gasteiger partial charge in [-0.1, -0.05) is 0 Å².